The highest BCUT2D eigenvalue weighted by molar-refractivity contribution is 6.30. The van der Waals surface area contributed by atoms with Crippen molar-refractivity contribution in [2.24, 2.45) is 5.92 Å². The van der Waals surface area contributed by atoms with Crippen molar-refractivity contribution in [3.63, 3.8) is 0 Å². The lowest BCUT2D eigenvalue weighted by atomic mass is 9.77. The molecule has 0 radical (unpaired) electrons. The molecule has 1 aliphatic carbocycles. The lowest BCUT2D eigenvalue weighted by Gasteiger charge is -2.29. The van der Waals surface area contributed by atoms with Crippen molar-refractivity contribution in [2.45, 2.75) is 70.6 Å². The first-order chi connectivity index (χ1) is 16.0. The van der Waals surface area contributed by atoms with Gasteiger partial charge in [-0.25, -0.2) is 8.78 Å². The van der Waals surface area contributed by atoms with Gasteiger partial charge < -0.3 is 0 Å². The summed E-state index contributed by atoms with van der Waals surface area (Å²) in [6.07, 6.45) is 8.59. The van der Waals surface area contributed by atoms with Gasteiger partial charge in [0.1, 0.15) is 11.6 Å². The number of rotatable bonds is 8. The minimum absolute atomic E-state index is 0.184. The second-order valence-electron chi connectivity index (χ2n) is 9.52. The molecule has 1 fully saturated rings. The summed E-state index contributed by atoms with van der Waals surface area (Å²) in [4.78, 5) is 0. The van der Waals surface area contributed by atoms with Gasteiger partial charge in [0.2, 0.25) is 0 Å². The third-order valence-electron chi connectivity index (χ3n) is 7.33. The first kappa shape index (κ1) is 24.0. The van der Waals surface area contributed by atoms with Crippen LogP contribution in [0.3, 0.4) is 0 Å². The lowest BCUT2D eigenvalue weighted by Crippen LogP contribution is -2.14. The molecule has 0 unspecified atom stereocenters. The van der Waals surface area contributed by atoms with Crippen LogP contribution in [0.15, 0.2) is 60.7 Å². The standard InChI is InChI=1S/C30H33ClF2/c1-2-21-5-12-25(13-6-21)26-14-7-22(8-15-26)3-4-24-19-29(32)28(30(33)20-24)18-11-23-9-16-27(31)17-10-23/h5-6,9-10,12-13,16-17,19-20,22,26H,2-4,7-8,11,14-15,18H2,1H3/t22-,26-. The smallest absolute Gasteiger partial charge is 0.129 e. The predicted molar refractivity (Wildman–Crippen MR) is 134 cm³/mol. The van der Waals surface area contributed by atoms with E-state index in [1.807, 2.05) is 24.3 Å². The van der Waals surface area contributed by atoms with Gasteiger partial charge in [-0.15, -0.1) is 0 Å². The van der Waals surface area contributed by atoms with Crippen molar-refractivity contribution in [2.75, 3.05) is 0 Å². The Balaban J connectivity index is 1.27. The molecule has 1 aliphatic rings. The molecule has 0 amide bonds. The molecule has 0 spiro atoms. The zero-order chi connectivity index (χ0) is 23.2. The highest BCUT2D eigenvalue weighted by atomic mass is 35.5. The summed E-state index contributed by atoms with van der Waals surface area (Å²) < 4.78 is 29.4. The highest BCUT2D eigenvalue weighted by Gasteiger charge is 2.22. The Morgan fingerprint density at radius 1 is 0.727 bits per heavy atom. The lowest BCUT2D eigenvalue weighted by molar-refractivity contribution is 0.310. The van der Waals surface area contributed by atoms with Crippen LogP contribution < -0.4 is 0 Å². The van der Waals surface area contributed by atoms with E-state index < -0.39 is 11.6 Å². The van der Waals surface area contributed by atoms with Crippen molar-refractivity contribution in [3.05, 3.63) is 105 Å². The molecule has 3 aromatic rings. The van der Waals surface area contributed by atoms with Crippen molar-refractivity contribution in [3.8, 4) is 0 Å². The van der Waals surface area contributed by atoms with Gasteiger partial charge in [-0.05, 0) is 116 Å². The third kappa shape index (κ3) is 6.44. The molecule has 0 aromatic heterocycles. The average Bonchev–Trinajstić information content (AvgIpc) is 2.84. The first-order valence-corrected chi connectivity index (χ1v) is 12.7. The van der Waals surface area contributed by atoms with E-state index in [-0.39, 0.29) is 5.56 Å². The van der Waals surface area contributed by atoms with E-state index in [0.29, 0.717) is 29.7 Å². The van der Waals surface area contributed by atoms with E-state index in [9.17, 15) is 8.78 Å². The van der Waals surface area contributed by atoms with Crippen LogP contribution in [0.2, 0.25) is 5.02 Å². The number of hydrogen-bond acceptors (Lipinski definition) is 0. The molecular weight excluding hydrogens is 434 g/mol. The van der Waals surface area contributed by atoms with Crippen molar-refractivity contribution in [1.29, 1.82) is 0 Å². The predicted octanol–water partition coefficient (Wildman–Crippen LogP) is 8.87. The second-order valence-corrected chi connectivity index (χ2v) is 9.95. The molecule has 3 heteroatoms. The zero-order valence-electron chi connectivity index (χ0n) is 19.4. The van der Waals surface area contributed by atoms with Crippen molar-refractivity contribution >= 4 is 11.6 Å². The Morgan fingerprint density at radius 2 is 1.33 bits per heavy atom. The van der Waals surface area contributed by atoms with E-state index in [0.717, 1.165) is 30.4 Å². The van der Waals surface area contributed by atoms with Gasteiger partial charge in [0.05, 0.1) is 0 Å². The Hall–Kier alpha value is -2.19. The fraction of sp³-hybridized carbons (Fsp3) is 0.400. The number of hydrogen-bond donors (Lipinski definition) is 0. The summed E-state index contributed by atoms with van der Waals surface area (Å²) >= 11 is 5.91. The van der Waals surface area contributed by atoms with Gasteiger partial charge in [-0.2, -0.15) is 0 Å². The number of benzene rings is 3. The molecule has 0 aliphatic heterocycles. The van der Waals surface area contributed by atoms with Crippen LogP contribution in [0, 0.1) is 17.6 Å². The van der Waals surface area contributed by atoms with Crippen LogP contribution in [0.4, 0.5) is 8.78 Å². The van der Waals surface area contributed by atoms with Gasteiger partial charge in [-0.1, -0.05) is 54.9 Å². The molecule has 0 saturated heterocycles. The SMILES string of the molecule is CCc1ccc([C@H]2CC[C@H](CCc3cc(F)c(CCc4ccc(Cl)cc4)c(F)c3)CC2)cc1. The van der Waals surface area contributed by atoms with Crippen LogP contribution in [-0.2, 0) is 25.7 Å². The monoisotopic (exact) mass is 466 g/mol. The maximum Gasteiger partial charge on any atom is 0.129 e. The van der Waals surface area contributed by atoms with Gasteiger partial charge in [0, 0.05) is 10.6 Å². The first-order valence-electron chi connectivity index (χ1n) is 12.3. The van der Waals surface area contributed by atoms with Crippen LogP contribution >= 0.6 is 11.6 Å². The Morgan fingerprint density at radius 3 is 1.94 bits per heavy atom. The summed E-state index contributed by atoms with van der Waals surface area (Å²) in [6, 6.07) is 19.6. The average molecular weight is 467 g/mol. The van der Waals surface area contributed by atoms with E-state index in [2.05, 4.69) is 31.2 Å². The molecule has 33 heavy (non-hydrogen) atoms. The molecular formula is C30H33ClF2. The second kappa shape index (κ2) is 11.3. The third-order valence-corrected chi connectivity index (χ3v) is 7.58. The fourth-order valence-electron chi connectivity index (χ4n) is 5.14. The maximum atomic E-state index is 14.7. The molecule has 3 aromatic carbocycles. The van der Waals surface area contributed by atoms with Gasteiger partial charge in [-0.3, -0.25) is 0 Å². The normalized spacial score (nSPS) is 18.4. The molecule has 0 nitrogen and oxygen atoms in total. The molecule has 0 atom stereocenters. The minimum atomic E-state index is -0.418. The Kier molecular flexibility index (Phi) is 8.20. The molecule has 0 heterocycles. The topological polar surface area (TPSA) is 0 Å². The Labute approximate surface area is 202 Å². The number of halogens is 3. The molecule has 1 saturated carbocycles. The van der Waals surface area contributed by atoms with Gasteiger partial charge in [0.15, 0.2) is 0 Å². The van der Waals surface area contributed by atoms with E-state index in [4.69, 9.17) is 11.6 Å². The number of aryl methyl sites for hydroxylation is 3. The molecule has 4 rings (SSSR count). The highest BCUT2D eigenvalue weighted by Crippen LogP contribution is 2.37. The minimum Gasteiger partial charge on any atom is -0.207 e. The quantitative estimate of drug-likeness (QED) is 0.311. The van der Waals surface area contributed by atoms with Gasteiger partial charge >= 0.3 is 0 Å². The van der Waals surface area contributed by atoms with Crippen LogP contribution in [0.25, 0.3) is 0 Å². The Bertz CT molecular complexity index is 1010. The fourth-order valence-corrected chi connectivity index (χ4v) is 5.27. The van der Waals surface area contributed by atoms with E-state index in [1.54, 1.807) is 12.1 Å². The summed E-state index contributed by atoms with van der Waals surface area (Å²) in [5.41, 5.74) is 4.84. The van der Waals surface area contributed by atoms with E-state index in [1.165, 1.54) is 36.8 Å². The largest absolute Gasteiger partial charge is 0.207 e. The zero-order valence-corrected chi connectivity index (χ0v) is 20.2. The molecule has 0 N–H and O–H groups in total. The maximum absolute atomic E-state index is 14.7. The van der Waals surface area contributed by atoms with Crippen molar-refractivity contribution in [1.82, 2.24) is 0 Å². The van der Waals surface area contributed by atoms with Crippen LogP contribution in [0.5, 0.6) is 0 Å². The summed E-state index contributed by atoms with van der Waals surface area (Å²) in [5, 5.41) is 0.666. The van der Waals surface area contributed by atoms with Crippen LogP contribution in [0.1, 0.15) is 72.8 Å². The molecule has 174 valence electrons. The summed E-state index contributed by atoms with van der Waals surface area (Å²) in [5.74, 6) is 0.463. The van der Waals surface area contributed by atoms with Crippen LogP contribution in [-0.4, -0.2) is 0 Å². The van der Waals surface area contributed by atoms with Gasteiger partial charge in [0.25, 0.3) is 0 Å². The van der Waals surface area contributed by atoms with Crippen molar-refractivity contribution < 1.29 is 8.78 Å². The molecule has 0 bridgehead atoms. The summed E-state index contributed by atoms with van der Waals surface area (Å²) in [6.45, 7) is 2.19. The summed E-state index contributed by atoms with van der Waals surface area (Å²) in [7, 11) is 0. The van der Waals surface area contributed by atoms with E-state index >= 15 is 0 Å².